The van der Waals surface area contributed by atoms with E-state index in [-0.39, 0.29) is 24.5 Å². The fourth-order valence-electron chi connectivity index (χ4n) is 2.06. The van der Waals surface area contributed by atoms with E-state index in [0.29, 0.717) is 11.4 Å². The molecule has 1 aromatic rings. The number of ether oxygens (including phenoxy) is 1. The maximum Gasteiger partial charge on any atom is 0.249 e. The Bertz CT molecular complexity index is 516. The van der Waals surface area contributed by atoms with Crippen LogP contribution in [0.1, 0.15) is 27.2 Å². The highest BCUT2D eigenvalue weighted by Crippen LogP contribution is 2.24. The second-order valence-corrected chi connectivity index (χ2v) is 5.05. The van der Waals surface area contributed by atoms with Crippen molar-refractivity contribution in [3.8, 4) is 5.75 Å². The minimum atomic E-state index is -0.490. The minimum Gasteiger partial charge on any atom is -0.491 e. The van der Waals surface area contributed by atoms with E-state index < -0.39 is 6.04 Å². The zero-order valence-corrected chi connectivity index (χ0v) is 12.1. The molecule has 2 rings (SSSR count). The van der Waals surface area contributed by atoms with Crippen LogP contribution in [0.4, 0.5) is 5.69 Å². The van der Waals surface area contributed by atoms with Crippen molar-refractivity contribution in [2.75, 3.05) is 11.4 Å². The summed E-state index contributed by atoms with van der Waals surface area (Å²) >= 11 is 0. The summed E-state index contributed by atoms with van der Waals surface area (Å²) in [6, 6.07) is 6.81. The molecule has 20 heavy (non-hydrogen) atoms. The van der Waals surface area contributed by atoms with Gasteiger partial charge in [-0.05, 0) is 32.4 Å². The van der Waals surface area contributed by atoms with Crippen LogP contribution in [0.5, 0.6) is 5.75 Å². The van der Waals surface area contributed by atoms with Crippen LogP contribution in [0, 0.1) is 0 Å². The van der Waals surface area contributed by atoms with E-state index in [9.17, 15) is 9.59 Å². The Kier molecular flexibility index (Phi) is 4.27. The first-order valence-electron chi connectivity index (χ1n) is 6.88. The van der Waals surface area contributed by atoms with Crippen LogP contribution < -0.4 is 15.0 Å². The van der Waals surface area contributed by atoms with Gasteiger partial charge < -0.3 is 15.0 Å². The number of hydrogen-bond donors (Lipinski definition) is 1. The Morgan fingerprint density at radius 2 is 2.20 bits per heavy atom. The number of rotatable bonds is 4. The molecule has 0 spiro atoms. The summed E-state index contributed by atoms with van der Waals surface area (Å²) in [7, 11) is 0. The quantitative estimate of drug-likeness (QED) is 0.911. The number of hydrogen-bond acceptors (Lipinski definition) is 3. The lowest BCUT2D eigenvalue weighted by molar-refractivity contribution is -0.130. The highest BCUT2D eigenvalue weighted by molar-refractivity contribution is 6.06. The summed E-state index contributed by atoms with van der Waals surface area (Å²) < 4.78 is 5.75. The van der Waals surface area contributed by atoms with Gasteiger partial charge in [-0.1, -0.05) is 13.0 Å². The monoisotopic (exact) mass is 276 g/mol. The van der Waals surface area contributed by atoms with E-state index in [4.69, 9.17) is 4.74 Å². The highest BCUT2D eigenvalue weighted by Gasteiger charge is 2.30. The normalized spacial score (nSPS) is 20.6. The molecular formula is C15H20N2O3. The standard InChI is InChI=1S/C15H20N2O3/c1-4-10(2)20-13-7-5-6-12(8-13)17-9-14(18)16-11(3)15(17)19/h5-8,10-11H,4,9H2,1-3H3,(H,16,18). The Labute approximate surface area is 118 Å². The lowest BCUT2D eigenvalue weighted by Gasteiger charge is -2.31. The SMILES string of the molecule is CCC(C)Oc1cccc(N2CC(=O)NC(C)C2=O)c1. The van der Waals surface area contributed by atoms with Gasteiger partial charge in [0.2, 0.25) is 11.8 Å². The van der Waals surface area contributed by atoms with Gasteiger partial charge in [0.05, 0.1) is 6.10 Å². The fourth-order valence-corrected chi connectivity index (χ4v) is 2.06. The summed E-state index contributed by atoms with van der Waals surface area (Å²) in [5, 5.41) is 2.62. The molecule has 2 atom stereocenters. The van der Waals surface area contributed by atoms with E-state index in [2.05, 4.69) is 12.2 Å². The van der Waals surface area contributed by atoms with E-state index in [1.807, 2.05) is 25.1 Å². The first-order valence-corrected chi connectivity index (χ1v) is 6.88. The zero-order chi connectivity index (χ0) is 14.7. The van der Waals surface area contributed by atoms with Crippen LogP contribution in [0.15, 0.2) is 24.3 Å². The van der Waals surface area contributed by atoms with Crippen LogP contribution in [0.3, 0.4) is 0 Å². The van der Waals surface area contributed by atoms with E-state index >= 15 is 0 Å². The number of anilines is 1. The first-order chi connectivity index (χ1) is 9.51. The summed E-state index contributed by atoms with van der Waals surface area (Å²) in [5.74, 6) is 0.457. The number of piperazine rings is 1. The molecule has 1 saturated heterocycles. The Morgan fingerprint density at radius 1 is 1.45 bits per heavy atom. The van der Waals surface area contributed by atoms with Crippen LogP contribution in [-0.4, -0.2) is 30.5 Å². The smallest absolute Gasteiger partial charge is 0.249 e. The van der Waals surface area contributed by atoms with Crippen LogP contribution >= 0.6 is 0 Å². The van der Waals surface area contributed by atoms with Crippen LogP contribution in [0.25, 0.3) is 0 Å². The van der Waals surface area contributed by atoms with Gasteiger partial charge in [-0.25, -0.2) is 0 Å². The third kappa shape index (κ3) is 3.10. The van der Waals surface area contributed by atoms with E-state index in [0.717, 1.165) is 6.42 Å². The van der Waals surface area contributed by atoms with Gasteiger partial charge >= 0.3 is 0 Å². The molecule has 1 aromatic carbocycles. The predicted molar refractivity (Wildman–Crippen MR) is 76.8 cm³/mol. The van der Waals surface area contributed by atoms with Crippen LogP contribution in [0.2, 0.25) is 0 Å². The maximum atomic E-state index is 12.1. The molecule has 2 amide bonds. The maximum absolute atomic E-state index is 12.1. The lowest BCUT2D eigenvalue weighted by Crippen LogP contribution is -2.57. The molecule has 0 aromatic heterocycles. The van der Waals surface area contributed by atoms with Gasteiger partial charge in [-0.15, -0.1) is 0 Å². The van der Waals surface area contributed by atoms with Gasteiger partial charge in [0.1, 0.15) is 18.3 Å². The minimum absolute atomic E-state index is 0.0515. The largest absolute Gasteiger partial charge is 0.491 e. The van der Waals surface area contributed by atoms with Crippen molar-refractivity contribution in [2.45, 2.75) is 39.3 Å². The number of amides is 2. The van der Waals surface area contributed by atoms with Gasteiger partial charge in [0, 0.05) is 11.8 Å². The van der Waals surface area contributed by atoms with Gasteiger partial charge in [-0.3, -0.25) is 9.59 Å². The van der Waals surface area contributed by atoms with Crippen molar-refractivity contribution in [3.05, 3.63) is 24.3 Å². The summed E-state index contributed by atoms with van der Waals surface area (Å²) in [4.78, 5) is 25.2. The number of carbonyl (C=O) groups is 2. The zero-order valence-electron chi connectivity index (χ0n) is 12.1. The molecule has 1 heterocycles. The molecule has 5 heteroatoms. The molecule has 1 aliphatic heterocycles. The van der Waals surface area contributed by atoms with Gasteiger partial charge in [0.15, 0.2) is 0 Å². The molecule has 1 fully saturated rings. The number of carbonyl (C=O) groups excluding carboxylic acids is 2. The third-order valence-electron chi connectivity index (χ3n) is 3.36. The van der Waals surface area contributed by atoms with Crippen molar-refractivity contribution >= 4 is 17.5 Å². The topological polar surface area (TPSA) is 58.6 Å². The van der Waals surface area contributed by atoms with Gasteiger partial charge in [0.25, 0.3) is 0 Å². The predicted octanol–water partition coefficient (Wildman–Crippen LogP) is 1.72. The average molecular weight is 276 g/mol. The molecule has 2 unspecified atom stereocenters. The van der Waals surface area contributed by atoms with Crippen molar-refractivity contribution in [3.63, 3.8) is 0 Å². The highest BCUT2D eigenvalue weighted by atomic mass is 16.5. The van der Waals surface area contributed by atoms with E-state index in [1.54, 1.807) is 13.0 Å². The molecule has 108 valence electrons. The summed E-state index contributed by atoms with van der Waals surface area (Å²) in [6.45, 7) is 5.78. The molecule has 0 saturated carbocycles. The summed E-state index contributed by atoms with van der Waals surface area (Å²) in [6.07, 6.45) is 1.02. The van der Waals surface area contributed by atoms with Crippen molar-refractivity contribution in [1.29, 1.82) is 0 Å². The Balaban J connectivity index is 2.21. The van der Waals surface area contributed by atoms with Crippen molar-refractivity contribution < 1.29 is 14.3 Å². The second-order valence-electron chi connectivity index (χ2n) is 5.05. The lowest BCUT2D eigenvalue weighted by atomic mass is 10.1. The van der Waals surface area contributed by atoms with Crippen molar-refractivity contribution in [1.82, 2.24) is 5.32 Å². The number of nitrogens with one attached hydrogen (secondary N) is 1. The third-order valence-corrected chi connectivity index (χ3v) is 3.36. The fraction of sp³-hybridized carbons (Fsp3) is 0.467. The number of benzene rings is 1. The first kappa shape index (κ1) is 14.4. The molecule has 0 aliphatic carbocycles. The summed E-state index contributed by atoms with van der Waals surface area (Å²) in [5.41, 5.74) is 0.692. The molecule has 1 N–H and O–H groups in total. The second kappa shape index (κ2) is 5.94. The molecule has 0 bridgehead atoms. The Hall–Kier alpha value is -2.04. The van der Waals surface area contributed by atoms with E-state index in [1.165, 1.54) is 4.90 Å². The molecule has 1 aliphatic rings. The van der Waals surface area contributed by atoms with Crippen molar-refractivity contribution in [2.24, 2.45) is 0 Å². The number of nitrogens with zero attached hydrogens (tertiary/aromatic N) is 1. The molecule has 5 nitrogen and oxygen atoms in total. The average Bonchev–Trinajstić information content (AvgIpc) is 2.43. The molecular weight excluding hydrogens is 256 g/mol. The Morgan fingerprint density at radius 3 is 2.90 bits per heavy atom. The van der Waals surface area contributed by atoms with Gasteiger partial charge in [-0.2, -0.15) is 0 Å². The van der Waals surface area contributed by atoms with Crippen LogP contribution in [-0.2, 0) is 9.59 Å². The molecule has 0 radical (unpaired) electrons.